The minimum Gasteiger partial charge on any atom is -0.248 e. The van der Waals surface area contributed by atoms with Gasteiger partial charge in [-0.1, -0.05) is 18.2 Å². The van der Waals surface area contributed by atoms with Crippen molar-refractivity contribution in [1.29, 1.82) is 0 Å². The minimum absolute atomic E-state index is 0.840. The lowest BCUT2D eigenvalue weighted by Gasteiger charge is -1.96. The molecule has 0 atom stereocenters. The molecule has 1 rings (SSSR count). The van der Waals surface area contributed by atoms with Gasteiger partial charge in [0.2, 0.25) is 0 Å². The number of anilines is 1. The third-order valence-corrected chi connectivity index (χ3v) is 1.01. The molecule has 3 heteroatoms. The van der Waals surface area contributed by atoms with Crippen LogP contribution in [0.2, 0.25) is 0 Å². The van der Waals surface area contributed by atoms with E-state index in [1.165, 1.54) is 0 Å². The van der Waals surface area contributed by atoms with Crippen LogP contribution in [0.15, 0.2) is 30.3 Å². The van der Waals surface area contributed by atoms with Crippen LogP contribution in [0.3, 0.4) is 0 Å². The van der Waals surface area contributed by atoms with Gasteiger partial charge in [-0.15, -0.1) is 0 Å². The van der Waals surface area contributed by atoms with Crippen molar-refractivity contribution in [1.82, 2.24) is 0 Å². The molecule has 0 radical (unpaired) electrons. The highest BCUT2D eigenvalue weighted by Gasteiger charge is 1.83. The Morgan fingerprint density at radius 1 is 1.22 bits per heavy atom. The number of hydrogen-bond acceptors (Lipinski definition) is 2. The first-order valence-corrected chi connectivity index (χ1v) is 2.83. The summed E-state index contributed by atoms with van der Waals surface area (Å²) in [5.41, 5.74) is 3.31. The van der Waals surface area contributed by atoms with Gasteiger partial charge in [0.1, 0.15) is 0 Å². The molecule has 0 aliphatic heterocycles. The highest BCUT2D eigenvalue weighted by molar-refractivity contribution is 6.07. The van der Waals surface area contributed by atoms with E-state index < -0.39 is 0 Å². The van der Waals surface area contributed by atoms with Crippen molar-refractivity contribution in [3.05, 3.63) is 30.3 Å². The summed E-state index contributed by atoms with van der Waals surface area (Å²) in [5.74, 6) is 0. The summed E-state index contributed by atoms with van der Waals surface area (Å²) < 4.78 is 4.15. The Balaban J connectivity index is 2.61. The number of rotatable bonds is 2. The van der Waals surface area contributed by atoms with Crippen LogP contribution in [0.25, 0.3) is 0 Å². The van der Waals surface area contributed by atoms with E-state index in [-0.39, 0.29) is 0 Å². The summed E-state index contributed by atoms with van der Waals surface area (Å²) >= 11 is 4.92. The molecule has 0 fully saturated rings. The van der Waals surface area contributed by atoms with E-state index in [1.807, 2.05) is 30.3 Å². The van der Waals surface area contributed by atoms with E-state index >= 15 is 0 Å². The second-order valence-electron chi connectivity index (χ2n) is 1.55. The normalized spacial score (nSPS) is 9.00. The monoisotopic (exact) mass is 143 g/mol. The lowest BCUT2D eigenvalue weighted by Crippen LogP contribution is -1.89. The molecule has 0 bridgehead atoms. The summed E-state index contributed by atoms with van der Waals surface area (Å²) in [5, 5.41) is 0. The molecule has 0 aliphatic rings. The van der Waals surface area contributed by atoms with Gasteiger partial charge < -0.3 is 0 Å². The zero-order valence-electron chi connectivity index (χ0n) is 4.67. The first kappa shape index (κ1) is 6.39. The van der Waals surface area contributed by atoms with Gasteiger partial charge in [-0.05, 0) is 12.1 Å². The molecule has 0 saturated heterocycles. The van der Waals surface area contributed by atoms with Gasteiger partial charge in [-0.3, -0.25) is 0 Å². The van der Waals surface area contributed by atoms with Crippen molar-refractivity contribution in [2.24, 2.45) is 0 Å². The maximum Gasteiger partial charge on any atom is 0.0911 e. The van der Waals surface area contributed by atoms with Crippen LogP contribution in [-0.4, -0.2) is 0 Å². The fraction of sp³-hybridized carbons (Fsp3) is 0. The average Bonchev–Trinajstić information content (AvgIpc) is 1.91. The number of halogens is 1. The quantitative estimate of drug-likeness (QED) is 0.641. The summed E-state index contributed by atoms with van der Waals surface area (Å²) in [6.07, 6.45) is 0. The van der Waals surface area contributed by atoms with Gasteiger partial charge >= 0.3 is 0 Å². The van der Waals surface area contributed by atoms with Crippen LogP contribution in [0, 0.1) is 0 Å². The van der Waals surface area contributed by atoms with Crippen LogP contribution < -0.4 is 5.48 Å². The predicted octanol–water partition coefficient (Wildman–Crippen LogP) is 2.18. The number of hydrogen-bond donors (Lipinski definition) is 1. The van der Waals surface area contributed by atoms with E-state index in [2.05, 4.69) is 9.87 Å². The van der Waals surface area contributed by atoms with Gasteiger partial charge in [0.05, 0.1) is 17.6 Å². The summed E-state index contributed by atoms with van der Waals surface area (Å²) in [4.78, 5) is 0. The molecule has 9 heavy (non-hydrogen) atoms. The molecule has 1 aromatic rings. The topological polar surface area (TPSA) is 21.3 Å². The fourth-order valence-corrected chi connectivity index (χ4v) is 0.640. The van der Waals surface area contributed by atoms with Gasteiger partial charge in [0.25, 0.3) is 0 Å². The number of nitrogens with one attached hydrogen (secondary N) is 1. The predicted molar refractivity (Wildman–Crippen MR) is 37.0 cm³/mol. The molecule has 0 unspecified atom stereocenters. The molecule has 0 amide bonds. The molecule has 1 N–H and O–H groups in total. The van der Waals surface area contributed by atoms with E-state index in [0.29, 0.717) is 0 Å². The second-order valence-corrected chi connectivity index (χ2v) is 1.70. The smallest absolute Gasteiger partial charge is 0.0911 e. The Labute approximate surface area is 58.5 Å². The SMILES string of the molecule is ClONc1ccccc1. The molecule has 2 nitrogen and oxygen atoms in total. The van der Waals surface area contributed by atoms with Crippen LogP contribution in [-0.2, 0) is 4.39 Å². The highest BCUT2D eigenvalue weighted by atomic mass is 35.5. The molecule has 0 aliphatic carbocycles. The molecular formula is C6H6ClNO. The van der Waals surface area contributed by atoms with Crippen molar-refractivity contribution in [3.8, 4) is 0 Å². The Morgan fingerprint density at radius 2 is 1.89 bits per heavy atom. The summed E-state index contributed by atoms with van der Waals surface area (Å²) in [7, 11) is 0. The molecule has 48 valence electrons. The van der Waals surface area contributed by atoms with E-state index in [4.69, 9.17) is 11.9 Å². The Hall–Kier alpha value is -0.730. The molecule has 1 aromatic carbocycles. The maximum atomic E-state index is 4.92. The Morgan fingerprint density at radius 3 is 2.44 bits per heavy atom. The highest BCUT2D eigenvalue weighted by Crippen LogP contribution is 2.04. The Kier molecular flexibility index (Phi) is 2.36. The van der Waals surface area contributed by atoms with Crippen LogP contribution >= 0.6 is 11.9 Å². The molecular weight excluding hydrogens is 138 g/mol. The van der Waals surface area contributed by atoms with E-state index in [1.54, 1.807) is 0 Å². The van der Waals surface area contributed by atoms with Crippen LogP contribution in [0.5, 0.6) is 0 Å². The zero-order chi connectivity index (χ0) is 6.53. The summed E-state index contributed by atoms with van der Waals surface area (Å²) in [6, 6.07) is 9.39. The molecule has 0 aromatic heterocycles. The van der Waals surface area contributed by atoms with Gasteiger partial charge in [0, 0.05) is 0 Å². The van der Waals surface area contributed by atoms with Crippen molar-refractivity contribution < 1.29 is 4.39 Å². The first-order valence-electron chi connectivity index (χ1n) is 2.52. The largest absolute Gasteiger partial charge is 0.248 e. The van der Waals surface area contributed by atoms with E-state index in [9.17, 15) is 0 Å². The van der Waals surface area contributed by atoms with Crippen LogP contribution in [0.1, 0.15) is 0 Å². The lowest BCUT2D eigenvalue weighted by atomic mass is 10.3. The van der Waals surface area contributed by atoms with E-state index in [0.717, 1.165) is 5.69 Å². The lowest BCUT2D eigenvalue weighted by molar-refractivity contribution is 0.451. The fourth-order valence-electron chi connectivity index (χ4n) is 0.551. The third-order valence-electron chi connectivity index (χ3n) is 0.930. The first-order chi connectivity index (χ1) is 4.43. The number of benzene rings is 1. The Bertz CT molecular complexity index is 166. The van der Waals surface area contributed by atoms with Crippen molar-refractivity contribution in [2.45, 2.75) is 0 Å². The molecule has 0 spiro atoms. The second kappa shape index (κ2) is 3.33. The maximum absolute atomic E-state index is 4.92. The molecule has 0 saturated carbocycles. The van der Waals surface area contributed by atoms with Gasteiger partial charge in [-0.2, -0.15) is 4.39 Å². The van der Waals surface area contributed by atoms with Crippen molar-refractivity contribution in [2.75, 3.05) is 5.48 Å². The zero-order valence-corrected chi connectivity index (χ0v) is 5.43. The van der Waals surface area contributed by atoms with Gasteiger partial charge in [-0.25, -0.2) is 5.48 Å². The van der Waals surface area contributed by atoms with Crippen molar-refractivity contribution in [3.63, 3.8) is 0 Å². The van der Waals surface area contributed by atoms with Crippen molar-refractivity contribution >= 4 is 17.6 Å². The van der Waals surface area contributed by atoms with Gasteiger partial charge in [0.15, 0.2) is 0 Å². The van der Waals surface area contributed by atoms with Crippen LogP contribution in [0.4, 0.5) is 5.69 Å². The average molecular weight is 144 g/mol. The summed E-state index contributed by atoms with van der Waals surface area (Å²) in [6.45, 7) is 0. The minimum atomic E-state index is 0.840. The molecule has 0 heterocycles. The standard InChI is InChI=1S/C6H6ClNO/c7-9-8-6-4-2-1-3-5-6/h1-5,8H. The third kappa shape index (κ3) is 1.91. The number of para-hydroxylation sites is 1.